The zero-order valence-corrected chi connectivity index (χ0v) is 16.2. The normalized spacial score (nSPS) is 21.1. The molecule has 118 valence electrons. The van der Waals surface area contributed by atoms with E-state index in [4.69, 9.17) is 0 Å². The van der Waals surface area contributed by atoms with Gasteiger partial charge in [-0.15, -0.1) is 0 Å². The minimum atomic E-state index is 0.311. The number of hydrogen-bond donors (Lipinski definition) is 0. The molecule has 0 aromatic heterocycles. The molecule has 0 heterocycles. The molecule has 0 saturated carbocycles. The first-order valence-corrected chi connectivity index (χ1v) is 9.34. The van der Waals surface area contributed by atoms with Gasteiger partial charge in [-0.05, 0) is 59.1 Å². The smallest absolute Gasteiger partial charge is 0.0395 e. The van der Waals surface area contributed by atoms with Gasteiger partial charge in [0, 0.05) is 4.83 Å². The van der Waals surface area contributed by atoms with Gasteiger partial charge in [-0.1, -0.05) is 75.7 Å². The van der Waals surface area contributed by atoms with E-state index in [0.29, 0.717) is 15.7 Å². The Morgan fingerprint density at radius 1 is 0.952 bits per heavy atom. The predicted octanol–water partition coefficient (Wildman–Crippen LogP) is 6.91. The van der Waals surface area contributed by atoms with Crippen LogP contribution in [-0.2, 0) is 10.8 Å². The largest absolute Gasteiger partial charge is 0.0839 e. The second-order valence-electron chi connectivity index (χ2n) is 8.51. The third-order valence-electron chi connectivity index (χ3n) is 5.24. The number of benzene rings is 1. The number of hydrogen-bond acceptors (Lipinski definition) is 0. The van der Waals surface area contributed by atoms with E-state index in [0.717, 1.165) is 5.92 Å². The van der Waals surface area contributed by atoms with Gasteiger partial charge in [0.15, 0.2) is 0 Å². The van der Waals surface area contributed by atoms with Gasteiger partial charge < -0.3 is 0 Å². The van der Waals surface area contributed by atoms with E-state index in [1.54, 1.807) is 11.1 Å². The van der Waals surface area contributed by atoms with Gasteiger partial charge in [-0.2, -0.15) is 0 Å². The molecule has 0 N–H and O–H groups in total. The maximum atomic E-state index is 3.91. The fraction of sp³-hybridized carbons (Fsp3) is 0.700. The second kappa shape index (κ2) is 6.07. The van der Waals surface area contributed by atoms with Crippen LogP contribution in [0.4, 0.5) is 0 Å². The van der Waals surface area contributed by atoms with Crippen molar-refractivity contribution in [3.05, 3.63) is 34.9 Å². The van der Waals surface area contributed by atoms with Gasteiger partial charge in [-0.25, -0.2) is 0 Å². The Labute approximate surface area is 139 Å². The number of fused-ring (bicyclic) bond motifs is 1. The molecule has 1 heteroatoms. The summed E-state index contributed by atoms with van der Waals surface area (Å²) in [6.07, 6.45) is 5.08. The Bertz CT molecular complexity index is 497. The molecule has 0 nitrogen and oxygen atoms in total. The minimum absolute atomic E-state index is 0.311. The van der Waals surface area contributed by atoms with E-state index in [1.807, 2.05) is 0 Å². The lowest BCUT2D eigenvalue weighted by molar-refractivity contribution is 0.331. The van der Waals surface area contributed by atoms with Crippen molar-refractivity contribution >= 4 is 15.9 Å². The van der Waals surface area contributed by atoms with E-state index in [1.165, 1.54) is 31.2 Å². The van der Waals surface area contributed by atoms with Crippen LogP contribution in [0.1, 0.15) is 88.7 Å². The number of alkyl halides is 1. The quantitative estimate of drug-likeness (QED) is 0.517. The lowest BCUT2D eigenvalue weighted by Crippen LogP contribution is -2.33. The monoisotopic (exact) mass is 350 g/mol. The summed E-state index contributed by atoms with van der Waals surface area (Å²) in [6, 6.07) is 7.23. The van der Waals surface area contributed by atoms with Crippen LogP contribution in [0.25, 0.3) is 0 Å². The number of halogens is 1. The summed E-state index contributed by atoms with van der Waals surface area (Å²) in [6.45, 7) is 14.2. The Kier molecular flexibility index (Phi) is 4.93. The summed E-state index contributed by atoms with van der Waals surface area (Å²) < 4.78 is 0. The van der Waals surface area contributed by atoms with Gasteiger partial charge in [0.1, 0.15) is 0 Å². The van der Waals surface area contributed by atoms with E-state index < -0.39 is 0 Å². The summed E-state index contributed by atoms with van der Waals surface area (Å²) in [4.78, 5) is 0.492. The van der Waals surface area contributed by atoms with Gasteiger partial charge >= 0.3 is 0 Å². The van der Waals surface area contributed by atoms with Crippen LogP contribution in [0.15, 0.2) is 18.2 Å². The summed E-state index contributed by atoms with van der Waals surface area (Å²) in [7, 11) is 0. The predicted molar refractivity (Wildman–Crippen MR) is 97.5 cm³/mol. The maximum Gasteiger partial charge on any atom is 0.0395 e. The van der Waals surface area contributed by atoms with Crippen molar-refractivity contribution in [1.29, 1.82) is 0 Å². The minimum Gasteiger partial charge on any atom is -0.0839 e. The van der Waals surface area contributed by atoms with E-state index in [-0.39, 0.29) is 0 Å². The zero-order valence-electron chi connectivity index (χ0n) is 14.6. The molecule has 21 heavy (non-hydrogen) atoms. The molecule has 1 aromatic rings. The molecule has 1 aliphatic rings. The highest BCUT2D eigenvalue weighted by molar-refractivity contribution is 9.09. The van der Waals surface area contributed by atoms with Crippen molar-refractivity contribution in [1.82, 2.24) is 0 Å². The second-order valence-corrected chi connectivity index (χ2v) is 9.62. The summed E-state index contributed by atoms with van der Waals surface area (Å²) >= 11 is 3.91. The van der Waals surface area contributed by atoms with Crippen LogP contribution in [0.5, 0.6) is 0 Å². The maximum absolute atomic E-state index is 3.91. The fourth-order valence-corrected chi connectivity index (χ4v) is 4.00. The van der Waals surface area contributed by atoms with Crippen molar-refractivity contribution in [3.8, 4) is 0 Å². The third kappa shape index (κ3) is 3.73. The zero-order chi connectivity index (χ0) is 15.8. The van der Waals surface area contributed by atoms with Crippen molar-refractivity contribution < 1.29 is 0 Å². The van der Waals surface area contributed by atoms with Crippen LogP contribution in [-0.4, -0.2) is 0 Å². The molecule has 0 saturated heterocycles. The molecule has 1 unspecified atom stereocenters. The first-order valence-electron chi connectivity index (χ1n) is 8.42. The molecule has 0 bridgehead atoms. The average molecular weight is 351 g/mol. The molecular weight excluding hydrogens is 320 g/mol. The molecule has 2 rings (SSSR count). The van der Waals surface area contributed by atoms with Gasteiger partial charge in [0.25, 0.3) is 0 Å². The highest BCUT2D eigenvalue weighted by Gasteiger charge is 2.37. The Balaban J connectivity index is 2.33. The van der Waals surface area contributed by atoms with Crippen LogP contribution in [0.2, 0.25) is 0 Å². The van der Waals surface area contributed by atoms with Crippen LogP contribution in [0.3, 0.4) is 0 Å². The van der Waals surface area contributed by atoms with Gasteiger partial charge in [0.05, 0.1) is 0 Å². The highest BCUT2D eigenvalue weighted by atomic mass is 79.9. The standard InChI is InChI=1S/C20H31Br/c1-14(2)7-10-18(21)15-8-9-16-17(13-15)20(5,6)12-11-19(16,3)4/h8-9,13-14,18H,7,10-12H2,1-6H3. The molecule has 1 aliphatic carbocycles. The fourth-order valence-electron chi connectivity index (χ4n) is 3.45. The topological polar surface area (TPSA) is 0 Å². The Morgan fingerprint density at radius 3 is 2.10 bits per heavy atom. The first kappa shape index (κ1) is 17.1. The summed E-state index contributed by atoms with van der Waals surface area (Å²) in [5.74, 6) is 0.776. The molecule has 0 radical (unpaired) electrons. The van der Waals surface area contributed by atoms with E-state index in [9.17, 15) is 0 Å². The van der Waals surface area contributed by atoms with Crippen molar-refractivity contribution in [3.63, 3.8) is 0 Å². The van der Waals surface area contributed by atoms with Crippen molar-refractivity contribution in [2.24, 2.45) is 5.92 Å². The van der Waals surface area contributed by atoms with E-state index in [2.05, 4.69) is 75.7 Å². The van der Waals surface area contributed by atoms with Crippen molar-refractivity contribution in [2.75, 3.05) is 0 Å². The summed E-state index contributed by atoms with van der Waals surface area (Å²) in [5, 5.41) is 0. The van der Waals surface area contributed by atoms with Crippen LogP contribution < -0.4 is 0 Å². The lowest BCUT2D eigenvalue weighted by Gasteiger charge is -2.42. The van der Waals surface area contributed by atoms with Gasteiger partial charge in [-0.3, -0.25) is 0 Å². The molecule has 1 aromatic carbocycles. The molecule has 1 atom stereocenters. The van der Waals surface area contributed by atoms with Crippen molar-refractivity contribution in [2.45, 2.75) is 82.9 Å². The van der Waals surface area contributed by atoms with E-state index >= 15 is 0 Å². The van der Waals surface area contributed by atoms with Crippen LogP contribution >= 0.6 is 15.9 Å². The average Bonchev–Trinajstić information content (AvgIpc) is 2.41. The molecule has 0 aliphatic heterocycles. The van der Waals surface area contributed by atoms with Crippen LogP contribution in [0, 0.1) is 5.92 Å². The molecular formula is C20H31Br. The molecule has 0 amide bonds. The highest BCUT2D eigenvalue weighted by Crippen LogP contribution is 2.47. The SMILES string of the molecule is CC(C)CCC(Br)c1ccc2c(c1)C(C)(C)CCC2(C)C. The third-order valence-corrected chi connectivity index (χ3v) is 6.22. The molecule has 0 spiro atoms. The van der Waals surface area contributed by atoms with Gasteiger partial charge in [0.2, 0.25) is 0 Å². The summed E-state index contributed by atoms with van der Waals surface area (Å²) in [5.41, 5.74) is 5.23. The molecule has 0 fully saturated rings. The first-order chi connectivity index (χ1) is 9.63. The number of rotatable bonds is 4. The lowest BCUT2D eigenvalue weighted by atomic mass is 9.63. The Morgan fingerprint density at radius 2 is 1.52 bits per heavy atom. The Hall–Kier alpha value is -0.300.